The molecule has 1 heterocycles. The largest absolute Gasteiger partial charge is 0.481 e. The quantitative estimate of drug-likeness (QED) is 0.159. The van der Waals surface area contributed by atoms with E-state index in [1.165, 1.54) is 12.5 Å². The highest BCUT2D eigenvalue weighted by Crippen LogP contribution is 2.11. The van der Waals surface area contributed by atoms with Gasteiger partial charge in [0.05, 0.1) is 18.8 Å². The van der Waals surface area contributed by atoms with Crippen LogP contribution in [0.5, 0.6) is 0 Å². The SMILES string of the molecule is CCC(C)C(NC(=O)C(CC(=O)O)NC(=O)C(N)Cc1ccccc1)C(=O)NC(Cc1cnc[nH]1)C(=O)O. The van der Waals surface area contributed by atoms with Crippen LogP contribution < -0.4 is 21.7 Å². The molecule has 5 unspecified atom stereocenters. The number of carboxylic acids is 2. The number of rotatable bonds is 15. The molecular weight excluding hydrogens is 496 g/mol. The lowest BCUT2D eigenvalue weighted by Gasteiger charge is -2.27. The van der Waals surface area contributed by atoms with E-state index in [4.69, 9.17) is 5.73 Å². The Morgan fingerprint density at radius 2 is 1.61 bits per heavy atom. The van der Waals surface area contributed by atoms with Crippen LogP contribution in [0.15, 0.2) is 42.9 Å². The van der Waals surface area contributed by atoms with E-state index in [9.17, 15) is 34.2 Å². The predicted octanol–water partition coefficient (Wildman–Crippen LogP) is -0.418. The second-order valence-electron chi connectivity index (χ2n) is 9.01. The number of aromatic amines is 1. The first-order valence-electron chi connectivity index (χ1n) is 12.1. The second-order valence-corrected chi connectivity index (χ2v) is 9.01. The zero-order valence-corrected chi connectivity index (χ0v) is 21.2. The normalized spacial score (nSPS) is 14.8. The fourth-order valence-electron chi connectivity index (χ4n) is 3.66. The summed E-state index contributed by atoms with van der Waals surface area (Å²) >= 11 is 0. The third kappa shape index (κ3) is 9.32. The van der Waals surface area contributed by atoms with Gasteiger partial charge in [-0.05, 0) is 17.9 Å². The number of carbonyl (C=O) groups is 5. The van der Waals surface area contributed by atoms with Crippen LogP contribution >= 0.6 is 0 Å². The second kappa shape index (κ2) is 14.5. The molecule has 2 aromatic rings. The Balaban J connectivity index is 2.13. The number of benzene rings is 1. The van der Waals surface area contributed by atoms with E-state index in [0.29, 0.717) is 12.1 Å². The van der Waals surface area contributed by atoms with Crippen molar-refractivity contribution in [1.29, 1.82) is 0 Å². The van der Waals surface area contributed by atoms with Gasteiger partial charge in [0.1, 0.15) is 18.1 Å². The van der Waals surface area contributed by atoms with E-state index in [1.807, 2.05) is 6.07 Å². The Kier molecular flexibility index (Phi) is 11.4. The summed E-state index contributed by atoms with van der Waals surface area (Å²) in [7, 11) is 0. The van der Waals surface area contributed by atoms with Gasteiger partial charge in [-0.1, -0.05) is 50.6 Å². The van der Waals surface area contributed by atoms with Gasteiger partial charge in [-0.3, -0.25) is 19.2 Å². The minimum Gasteiger partial charge on any atom is -0.481 e. The molecule has 0 aliphatic carbocycles. The Labute approximate surface area is 219 Å². The number of nitrogens with one attached hydrogen (secondary N) is 4. The maximum atomic E-state index is 13.1. The Morgan fingerprint density at radius 3 is 2.16 bits per heavy atom. The van der Waals surface area contributed by atoms with E-state index in [1.54, 1.807) is 38.1 Å². The molecule has 13 nitrogen and oxygen atoms in total. The summed E-state index contributed by atoms with van der Waals surface area (Å²) in [5.74, 6) is -5.48. The topological polar surface area (TPSA) is 217 Å². The molecule has 1 aromatic carbocycles. The molecule has 0 radical (unpaired) electrons. The van der Waals surface area contributed by atoms with Gasteiger partial charge in [0.2, 0.25) is 17.7 Å². The van der Waals surface area contributed by atoms with Gasteiger partial charge in [0, 0.05) is 18.3 Å². The highest BCUT2D eigenvalue weighted by molar-refractivity contribution is 5.95. The van der Waals surface area contributed by atoms with Crippen LogP contribution in [0.2, 0.25) is 0 Å². The number of hydrogen-bond acceptors (Lipinski definition) is 7. The molecule has 0 aliphatic rings. The zero-order chi connectivity index (χ0) is 28.2. The molecule has 206 valence electrons. The fraction of sp³-hybridized carbons (Fsp3) is 0.440. The first kappa shape index (κ1) is 30.0. The van der Waals surface area contributed by atoms with Crippen LogP contribution in [0.3, 0.4) is 0 Å². The smallest absolute Gasteiger partial charge is 0.326 e. The minimum atomic E-state index is -1.51. The number of aromatic nitrogens is 2. The monoisotopic (exact) mass is 530 g/mol. The van der Waals surface area contributed by atoms with Gasteiger partial charge < -0.3 is 36.9 Å². The van der Waals surface area contributed by atoms with Crippen molar-refractivity contribution in [1.82, 2.24) is 25.9 Å². The number of amides is 3. The Hall–Kier alpha value is -4.26. The van der Waals surface area contributed by atoms with E-state index in [-0.39, 0.29) is 12.8 Å². The predicted molar refractivity (Wildman–Crippen MR) is 136 cm³/mol. The van der Waals surface area contributed by atoms with Crippen LogP contribution in [0.4, 0.5) is 0 Å². The number of H-pyrrole nitrogens is 1. The summed E-state index contributed by atoms with van der Waals surface area (Å²) in [4.78, 5) is 68.5. The summed E-state index contributed by atoms with van der Waals surface area (Å²) in [6, 6.07) is 3.87. The number of aliphatic carboxylic acids is 2. The van der Waals surface area contributed by atoms with E-state index in [2.05, 4.69) is 25.9 Å². The minimum absolute atomic E-state index is 0.0702. The number of carbonyl (C=O) groups excluding carboxylic acids is 3. The molecular formula is C25H34N6O7. The standard InChI is InChI=1S/C25H34N6O7/c1-3-14(2)21(24(36)30-19(25(37)38)10-16-12-27-13-28-16)31-23(35)18(11-20(32)33)29-22(34)17(26)9-15-7-5-4-6-8-15/h4-8,12-14,17-19,21H,3,9-11,26H2,1-2H3,(H,27,28)(H,29,34)(H,30,36)(H,31,35)(H,32,33)(H,37,38). The van der Waals surface area contributed by atoms with Crippen molar-refractivity contribution in [3.05, 3.63) is 54.1 Å². The number of imidazole rings is 1. The number of hydrogen-bond donors (Lipinski definition) is 7. The van der Waals surface area contributed by atoms with Crippen molar-refractivity contribution in [3.63, 3.8) is 0 Å². The molecule has 2 rings (SSSR count). The zero-order valence-electron chi connectivity index (χ0n) is 21.2. The van der Waals surface area contributed by atoms with E-state index >= 15 is 0 Å². The molecule has 0 spiro atoms. The number of nitrogens with two attached hydrogens (primary N) is 1. The van der Waals surface area contributed by atoms with Crippen molar-refractivity contribution in [2.75, 3.05) is 0 Å². The lowest BCUT2D eigenvalue weighted by atomic mass is 9.97. The van der Waals surface area contributed by atoms with Crippen molar-refractivity contribution < 1.29 is 34.2 Å². The first-order chi connectivity index (χ1) is 18.0. The number of carboxylic acid groups (broad SMARTS) is 2. The lowest BCUT2D eigenvalue weighted by molar-refractivity contribution is -0.143. The van der Waals surface area contributed by atoms with Gasteiger partial charge in [-0.25, -0.2) is 9.78 Å². The van der Waals surface area contributed by atoms with Crippen molar-refractivity contribution in [2.45, 2.75) is 63.7 Å². The highest BCUT2D eigenvalue weighted by atomic mass is 16.4. The molecule has 0 saturated carbocycles. The van der Waals surface area contributed by atoms with Gasteiger partial charge in [-0.2, -0.15) is 0 Å². The molecule has 0 saturated heterocycles. The van der Waals surface area contributed by atoms with E-state index < -0.39 is 66.2 Å². The summed E-state index contributed by atoms with van der Waals surface area (Å²) in [5, 5.41) is 26.1. The highest BCUT2D eigenvalue weighted by Gasteiger charge is 2.33. The van der Waals surface area contributed by atoms with Gasteiger partial charge in [0.15, 0.2) is 0 Å². The summed E-state index contributed by atoms with van der Waals surface area (Å²) in [6.07, 6.45) is 2.59. The first-order valence-corrected chi connectivity index (χ1v) is 12.1. The summed E-state index contributed by atoms with van der Waals surface area (Å²) in [6.45, 7) is 3.45. The Morgan fingerprint density at radius 1 is 0.947 bits per heavy atom. The average Bonchev–Trinajstić information content (AvgIpc) is 3.39. The van der Waals surface area contributed by atoms with Crippen LogP contribution in [0.25, 0.3) is 0 Å². The molecule has 8 N–H and O–H groups in total. The molecule has 38 heavy (non-hydrogen) atoms. The molecule has 1 aromatic heterocycles. The van der Waals surface area contributed by atoms with Crippen molar-refractivity contribution >= 4 is 29.7 Å². The van der Waals surface area contributed by atoms with Crippen LogP contribution in [-0.4, -0.2) is 74.0 Å². The third-order valence-corrected chi connectivity index (χ3v) is 6.03. The maximum Gasteiger partial charge on any atom is 0.326 e. The fourth-order valence-corrected chi connectivity index (χ4v) is 3.66. The van der Waals surface area contributed by atoms with E-state index in [0.717, 1.165) is 5.56 Å². The average molecular weight is 531 g/mol. The van der Waals surface area contributed by atoms with Gasteiger partial charge in [0.25, 0.3) is 0 Å². The molecule has 13 heteroatoms. The van der Waals surface area contributed by atoms with Gasteiger partial charge in [-0.15, -0.1) is 0 Å². The van der Waals surface area contributed by atoms with Crippen molar-refractivity contribution in [2.24, 2.45) is 11.7 Å². The maximum absolute atomic E-state index is 13.1. The molecule has 3 amide bonds. The molecule has 5 atom stereocenters. The summed E-state index contributed by atoms with van der Waals surface area (Å²) < 4.78 is 0. The number of nitrogens with zero attached hydrogens (tertiary/aromatic N) is 1. The van der Waals surface area contributed by atoms with Gasteiger partial charge >= 0.3 is 11.9 Å². The Bertz CT molecular complexity index is 1090. The molecule has 0 bridgehead atoms. The van der Waals surface area contributed by atoms with Crippen LogP contribution in [0, 0.1) is 5.92 Å². The molecule has 0 fully saturated rings. The van der Waals surface area contributed by atoms with Crippen molar-refractivity contribution in [3.8, 4) is 0 Å². The molecule has 0 aliphatic heterocycles. The lowest BCUT2D eigenvalue weighted by Crippen LogP contribution is -2.59. The van der Waals surface area contributed by atoms with Crippen LogP contribution in [-0.2, 0) is 36.8 Å². The summed E-state index contributed by atoms with van der Waals surface area (Å²) in [5.41, 5.74) is 7.24. The van der Waals surface area contributed by atoms with Crippen LogP contribution in [0.1, 0.15) is 37.9 Å². The third-order valence-electron chi connectivity index (χ3n) is 6.03.